The molecular formula is C58H41N. The third-order valence-electron chi connectivity index (χ3n) is 10.6. The highest BCUT2D eigenvalue weighted by Crippen LogP contribution is 2.40. The third kappa shape index (κ3) is 7.46. The summed E-state index contributed by atoms with van der Waals surface area (Å²) in [6.07, 6.45) is 0. The smallest absolute Gasteiger partial charge is 0.0651 e. The van der Waals surface area contributed by atoms with E-state index in [4.69, 9.17) is 0 Å². The Morgan fingerprint density at radius 3 is 1.34 bits per heavy atom. The maximum absolute atomic E-state index is 9.89. The van der Waals surface area contributed by atoms with Crippen LogP contribution in [-0.2, 0) is 0 Å². The highest BCUT2D eigenvalue weighted by molar-refractivity contribution is 5.97. The van der Waals surface area contributed by atoms with Crippen molar-refractivity contribution >= 4 is 27.8 Å². The van der Waals surface area contributed by atoms with Gasteiger partial charge in [-0.15, -0.1) is 0 Å². The second-order valence-corrected chi connectivity index (χ2v) is 14.3. The largest absolute Gasteiger partial charge is 0.310 e. The van der Waals surface area contributed by atoms with E-state index in [-0.39, 0.29) is 58.8 Å². The molecule has 0 radical (unpaired) electrons. The molecule has 10 aromatic rings. The number of rotatable bonds is 9. The lowest BCUT2D eigenvalue weighted by atomic mass is 9.93. The molecule has 0 saturated heterocycles. The molecule has 0 aromatic heterocycles. The lowest BCUT2D eigenvalue weighted by Gasteiger charge is -2.26. The van der Waals surface area contributed by atoms with E-state index in [0.717, 1.165) is 55.3 Å². The van der Waals surface area contributed by atoms with Crippen molar-refractivity contribution in [1.82, 2.24) is 0 Å². The Hall–Kier alpha value is -7.74. The molecule has 0 aliphatic carbocycles. The zero-order chi connectivity index (χ0) is 46.3. The van der Waals surface area contributed by atoms with Crippen LogP contribution in [0.1, 0.15) is 11.0 Å². The van der Waals surface area contributed by atoms with Crippen molar-refractivity contribution < 1.29 is 11.0 Å². The molecule has 10 aromatic carbocycles. The van der Waals surface area contributed by atoms with E-state index in [0.29, 0.717) is 16.8 Å². The van der Waals surface area contributed by atoms with Gasteiger partial charge < -0.3 is 4.90 Å². The first-order valence-corrected chi connectivity index (χ1v) is 19.6. The van der Waals surface area contributed by atoms with E-state index in [9.17, 15) is 11.0 Å². The van der Waals surface area contributed by atoms with Gasteiger partial charge >= 0.3 is 0 Å². The van der Waals surface area contributed by atoms with Crippen LogP contribution >= 0.6 is 0 Å². The molecule has 0 aliphatic rings. The topological polar surface area (TPSA) is 3.24 Å². The van der Waals surface area contributed by atoms with Crippen LogP contribution in [0.15, 0.2) is 249 Å². The van der Waals surface area contributed by atoms with Crippen molar-refractivity contribution in [3.8, 4) is 66.8 Å². The molecule has 0 atom stereocenters. The lowest BCUT2D eigenvalue weighted by Crippen LogP contribution is -2.10. The molecule has 1 heteroatoms. The fourth-order valence-corrected chi connectivity index (χ4v) is 7.61. The average Bonchev–Trinajstić information content (AvgIpc) is 3.38. The van der Waals surface area contributed by atoms with E-state index < -0.39 is 12.1 Å². The molecule has 278 valence electrons. The lowest BCUT2D eigenvalue weighted by molar-refractivity contribution is 1.28. The van der Waals surface area contributed by atoms with Gasteiger partial charge in [0.1, 0.15) is 0 Å². The quantitative estimate of drug-likeness (QED) is 0.142. The summed E-state index contributed by atoms with van der Waals surface area (Å²) in [5, 5.41) is 1.62. The van der Waals surface area contributed by atoms with Crippen molar-refractivity contribution in [1.29, 1.82) is 0 Å². The third-order valence-corrected chi connectivity index (χ3v) is 10.6. The zero-order valence-electron chi connectivity index (χ0n) is 40.0. The Kier molecular flexibility index (Phi) is 7.54. The Balaban J connectivity index is 1.18. The molecule has 0 amide bonds. The molecule has 0 saturated carbocycles. The second kappa shape index (κ2) is 16.0. The first-order chi connectivity index (χ1) is 32.6. The Morgan fingerprint density at radius 2 is 0.746 bits per heavy atom. The van der Waals surface area contributed by atoms with Crippen molar-refractivity contribution in [2.75, 3.05) is 4.90 Å². The van der Waals surface area contributed by atoms with E-state index in [1.807, 2.05) is 127 Å². The molecule has 10 rings (SSSR count). The minimum absolute atomic E-state index is 0.109. The summed E-state index contributed by atoms with van der Waals surface area (Å²) < 4.78 is 75.9. The standard InChI is InChI=1S/C58H41N/c1-4-14-42(15-5-1)45-26-28-46(29-27-45)47-30-34-54(35-31-47)59(56-23-12-22-50(41-56)58-25-13-21-49-20-10-11-24-57(49)58)55-36-32-48(33-37-55)53-39-51(43-16-6-2-7-17-43)38-52(40-53)44-18-8-3-9-19-44/h1-41H/i12D,22D,23D,30D,31D,34D,35D,41D. The molecule has 0 N–H and O–H groups in total. The van der Waals surface area contributed by atoms with E-state index >= 15 is 0 Å². The van der Waals surface area contributed by atoms with E-state index in [2.05, 4.69) is 42.5 Å². The van der Waals surface area contributed by atoms with Crippen LogP contribution in [0.3, 0.4) is 0 Å². The van der Waals surface area contributed by atoms with Crippen LogP contribution in [-0.4, -0.2) is 0 Å². The maximum Gasteiger partial charge on any atom is 0.0651 e. The van der Waals surface area contributed by atoms with Crippen molar-refractivity contribution in [2.24, 2.45) is 0 Å². The van der Waals surface area contributed by atoms with Gasteiger partial charge in [0.15, 0.2) is 0 Å². The number of hydrogen-bond acceptors (Lipinski definition) is 1. The van der Waals surface area contributed by atoms with E-state index in [1.54, 1.807) is 30.3 Å². The highest BCUT2D eigenvalue weighted by Gasteiger charge is 2.16. The zero-order valence-corrected chi connectivity index (χ0v) is 32.0. The number of anilines is 3. The van der Waals surface area contributed by atoms with Gasteiger partial charge in [-0.25, -0.2) is 0 Å². The molecular weight excluding hydrogens is 711 g/mol. The molecule has 0 aliphatic heterocycles. The minimum Gasteiger partial charge on any atom is -0.310 e. The molecule has 1 nitrogen and oxygen atoms in total. The highest BCUT2D eigenvalue weighted by atomic mass is 15.1. The molecule has 0 heterocycles. The first-order valence-electron chi connectivity index (χ1n) is 23.6. The van der Waals surface area contributed by atoms with Gasteiger partial charge in [-0.1, -0.05) is 194 Å². The van der Waals surface area contributed by atoms with Gasteiger partial charge in [-0.3, -0.25) is 0 Å². The van der Waals surface area contributed by atoms with Gasteiger partial charge in [0.2, 0.25) is 0 Å². The van der Waals surface area contributed by atoms with Crippen molar-refractivity contribution in [3.63, 3.8) is 0 Å². The molecule has 59 heavy (non-hydrogen) atoms. The van der Waals surface area contributed by atoms with Crippen LogP contribution in [0.4, 0.5) is 17.1 Å². The Bertz CT molecular complexity index is 3380. The molecule has 0 fully saturated rings. The first kappa shape index (κ1) is 27.8. The van der Waals surface area contributed by atoms with E-state index in [1.165, 1.54) is 4.90 Å². The fraction of sp³-hybridized carbons (Fsp3) is 0. The SMILES string of the molecule is [2H]c1c([2H])c(-c2cccc3ccccc23)c([2H])c(N(c2ccc(-c3cc(-c4ccccc4)cc(-c4ccccc4)c3)cc2)c2c([2H])c([2H])c(-c3ccc(-c4ccccc4)cc3)c([2H])c2[2H])c1[2H]. The van der Waals surface area contributed by atoms with Crippen LogP contribution in [0, 0.1) is 0 Å². The second-order valence-electron chi connectivity index (χ2n) is 14.3. The Labute approximate surface area is 358 Å². The molecule has 0 bridgehead atoms. The summed E-state index contributed by atoms with van der Waals surface area (Å²) >= 11 is 0. The number of benzene rings is 10. The van der Waals surface area contributed by atoms with Crippen molar-refractivity contribution in [2.45, 2.75) is 0 Å². The minimum atomic E-state index is -0.455. The van der Waals surface area contributed by atoms with Gasteiger partial charge in [0.05, 0.1) is 11.0 Å². The van der Waals surface area contributed by atoms with Gasteiger partial charge in [-0.05, 0) is 132 Å². The predicted octanol–water partition coefficient (Wildman–Crippen LogP) is 16.3. The number of fused-ring (bicyclic) bond motifs is 1. The molecule has 0 spiro atoms. The van der Waals surface area contributed by atoms with Crippen LogP contribution in [0.25, 0.3) is 77.5 Å². The summed E-state index contributed by atoms with van der Waals surface area (Å²) in [7, 11) is 0. The fourth-order valence-electron chi connectivity index (χ4n) is 7.61. The normalized spacial score (nSPS) is 12.9. The number of nitrogens with zero attached hydrogens (tertiary/aromatic N) is 1. The van der Waals surface area contributed by atoms with Gasteiger partial charge in [0.25, 0.3) is 0 Å². The monoisotopic (exact) mass is 759 g/mol. The van der Waals surface area contributed by atoms with Gasteiger partial charge in [-0.2, -0.15) is 0 Å². The summed E-state index contributed by atoms with van der Waals surface area (Å²) in [5.41, 5.74) is 9.14. The average molecular weight is 760 g/mol. The summed E-state index contributed by atoms with van der Waals surface area (Å²) in [6, 6.07) is 61.6. The number of hydrogen-bond donors (Lipinski definition) is 0. The maximum atomic E-state index is 9.89. The van der Waals surface area contributed by atoms with Crippen molar-refractivity contribution in [3.05, 3.63) is 249 Å². The van der Waals surface area contributed by atoms with Crippen LogP contribution in [0.2, 0.25) is 0 Å². The summed E-state index contributed by atoms with van der Waals surface area (Å²) in [6.45, 7) is 0. The summed E-state index contributed by atoms with van der Waals surface area (Å²) in [4.78, 5) is 1.40. The summed E-state index contributed by atoms with van der Waals surface area (Å²) in [5.74, 6) is 0. The van der Waals surface area contributed by atoms with Crippen LogP contribution in [0.5, 0.6) is 0 Å². The Morgan fingerprint density at radius 1 is 0.288 bits per heavy atom. The predicted molar refractivity (Wildman–Crippen MR) is 251 cm³/mol. The van der Waals surface area contributed by atoms with Crippen LogP contribution < -0.4 is 4.90 Å². The van der Waals surface area contributed by atoms with Gasteiger partial charge in [0, 0.05) is 17.1 Å². The molecule has 0 unspecified atom stereocenters.